The zero-order chi connectivity index (χ0) is 15.7. The molecule has 1 fully saturated rings. The van der Waals surface area contributed by atoms with E-state index in [4.69, 9.17) is 27.9 Å². The second-order valence-corrected chi connectivity index (χ2v) is 6.02. The van der Waals surface area contributed by atoms with E-state index >= 15 is 0 Å². The Hall–Kier alpha value is -1.72. The normalized spacial score (nSPS) is 17.6. The summed E-state index contributed by atoms with van der Waals surface area (Å²) in [6.45, 7) is 0.647. The molecule has 1 aliphatic heterocycles. The fraction of sp³-hybridized carbons (Fsp3) is 0.333. The molecule has 1 atom stereocenters. The molecule has 116 valence electrons. The van der Waals surface area contributed by atoms with Gasteiger partial charge in [-0.05, 0) is 18.6 Å². The smallest absolute Gasteiger partial charge is 0.220 e. The summed E-state index contributed by atoms with van der Waals surface area (Å²) in [7, 11) is 1.56. The molecular weight excluding hydrogens is 325 g/mol. The molecule has 2 aromatic rings. The number of halogens is 2. The van der Waals surface area contributed by atoms with E-state index in [1.807, 2.05) is 10.8 Å². The van der Waals surface area contributed by atoms with Gasteiger partial charge in [-0.25, -0.2) is 4.98 Å². The molecule has 3 rings (SSSR count). The third kappa shape index (κ3) is 2.91. The minimum atomic E-state index is 0.0926. The first-order valence-electron chi connectivity index (χ1n) is 6.92. The molecule has 5 nitrogen and oxygen atoms in total. The predicted molar refractivity (Wildman–Crippen MR) is 85.4 cm³/mol. The van der Waals surface area contributed by atoms with Crippen LogP contribution in [0.15, 0.2) is 24.5 Å². The number of carbonyl (C=O) groups is 1. The first-order chi connectivity index (χ1) is 10.6. The number of imidazole rings is 1. The summed E-state index contributed by atoms with van der Waals surface area (Å²) in [6, 6.07) is 3.52. The van der Waals surface area contributed by atoms with Crippen molar-refractivity contribution in [1.82, 2.24) is 14.9 Å². The van der Waals surface area contributed by atoms with Gasteiger partial charge >= 0.3 is 0 Å². The lowest BCUT2D eigenvalue weighted by Gasteiger charge is -2.16. The Morgan fingerprint density at radius 2 is 2.27 bits per heavy atom. The van der Waals surface area contributed by atoms with Crippen molar-refractivity contribution in [3.05, 3.63) is 34.6 Å². The number of aromatic nitrogens is 2. The van der Waals surface area contributed by atoms with Gasteiger partial charge in [0.15, 0.2) is 0 Å². The first-order valence-corrected chi connectivity index (χ1v) is 7.68. The van der Waals surface area contributed by atoms with Crippen LogP contribution in [0.5, 0.6) is 5.75 Å². The molecule has 0 aliphatic carbocycles. The Balaban J connectivity index is 1.96. The van der Waals surface area contributed by atoms with E-state index in [1.54, 1.807) is 25.4 Å². The number of ether oxygens (including phenoxy) is 1. The van der Waals surface area contributed by atoms with Crippen LogP contribution in [0, 0.1) is 0 Å². The topological polar surface area (TPSA) is 56.2 Å². The van der Waals surface area contributed by atoms with Gasteiger partial charge in [0.2, 0.25) is 5.91 Å². The molecule has 1 amide bonds. The Morgan fingerprint density at radius 3 is 2.95 bits per heavy atom. The summed E-state index contributed by atoms with van der Waals surface area (Å²) in [5.41, 5.74) is 0.731. The summed E-state index contributed by atoms with van der Waals surface area (Å²) in [5.74, 6) is 1.34. The number of hydrogen-bond donors (Lipinski definition) is 1. The van der Waals surface area contributed by atoms with Crippen LogP contribution < -0.4 is 10.1 Å². The van der Waals surface area contributed by atoms with E-state index in [-0.39, 0.29) is 11.9 Å². The number of nitrogens with zero attached hydrogens (tertiary/aromatic N) is 2. The molecular formula is C15H15Cl2N3O2. The quantitative estimate of drug-likeness (QED) is 0.930. The molecule has 7 heteroatoms. The first kappa shape index (κ1) is 15.2. The van der Waals surface area contributed by atoms with Gasteiger partial charge in [0.25, 0.3) is 0 Å². The van der Waals surface area contributed by atoms with E-state index in [0.717, 1.165) is 12.0 Å². The van der Waals surface area contributed by atoms with Gasteiger partial charge in [0.1, 0.15) is 11.6 Å². The maximum absolute atomic E-state index is 11.3. The highest BCUT2D eigenvalue weighted by molar-refractivity contribution is 6.36. The molecule has 0 radical (unpaired) electrons. The summed E-state index contributed by atoms with van der Waals surface area (Å²) in [5, 5.41) is 3.91. The van der Waals surface area contributed by atoms with Crippen molar-refractivity contribution in [1.29, 1.82) is 0 Å². The SMILES string of the molecule is COc1c(Cl)cc(Cl)cc1-c1nccn1CC1CCC(=O)N1. The van der Waals surface area contributed by atoms with Crippen LogP contribution >= 0.6 is 23.2 Å². The van der Waals surface area contributed by atoms with Crippen LogP contribution in [-0.2, 0) is 11.3 Å². The predicted octanol–water partition coefficient (Wildman–Crippen LogP) is 3.14. The number of rotatable bonds is 4. The fourth-order valence-corrected chi connectivity index (χ4v) is 3.26. The van der Waals surface area contributed by atoms with Crippen molar-refractivity contribution < 1.29 is 9.53 Å². The Bertz CT molecular complexity index is 715. The van der Waals surface area contributed by atoms with E-state index in [0.29, 0.717) is 34.6 Å². The van der Waals surface area contributed by atoms with Crippen molar-refractivity contribution in [2.45, 2.75) is 25.4 Å². The molecule has 2 heterocycles. The molecule has 0 saturated carbocycles. The lowest BCUT2D eigenvalue weighted by molar-refractivity contribution is -0.119. The van der Waals surface area contributed by atoms with Gasteiger partial charge in [0, 0.05) is 36.4 Å². The summed E-state index contributed by atoms with van der Waals surface area (Å²) in [6.07, 6.45) is 4.97. The highest BCUT2D eigenvalue weighted by atomic mass is 35.5. The molecule has 0 spiro atoms. The third-order valence-corrected chi connectivity index (χ3v) is 4.17. The van der Waals surface area contributed by atoms with Gasteiger partial charge < -0.3 is 14.6 Å². The van der Waals surface area contributed by atoms with Crippen molar-refractivity contribution >= 4 is 29.1 Å². The zero-order valence-electron chi connectivity index (χ0n) is 12.0. The van der Waals surface area contributed by atoms with Crippen molar-refractivity contribution in [2.24, 2.45) is 0 Å². The van der Waals surface area contributed by atoms with Gasteiger partial charge in [-0.1, -0.05) is 23.2 Å². The molecule has 22 heavy (non-hydrogen) atoms. The second kappa shape index (κ2) is 6.18. The third-order valence-electron chi connectivity index (χ3n) is 3.67. The van der Waals surface area contributed by atoms with Gasteiger partial charge in [0.05, 0.1) is 17.7 Å². The highest BCUT2D eigenvalue weighted by Crippen LogP contribution is 2.38. The minimum absolute atomic E-state index is 0.0926. The number of nitrogens with one attached hydrogen (secondary N) is 1. The number of benzene rings is 1. The van der Waals surface area contributed by atoms with Gasteiger partial charge in [-0.2, -0.15) is 0 Å². The average Bonchev–Trinajstić information content (AvgIpc) is 3.08. The Kier molecular flexibility index (Phi) is 4.27. The van der Waals surface area contributed by atoms with E-state index in [2.05, 4.69) is 10.3 Å². The summed E-state index contributed by atoms with van der Waals surface area (Å²) < 4.78 is 7.36. The van der Waals surface area contributed by atoms with Crippen molar-refractivity contribution in [3.63, 3.8) is 0 Å². The number of methoxy groups -OCH3 is 1. The van der Waals surface area contributed by atoms with Crippen LogP contribution in [0.3, 0.4) is 0 Å². The van der Waals surface area contributed by atoms with E-state index in [1.165, 1.54) is 0 Å². The molecule has 1 aliphatic rings. The Morgan fingerprint density at radius 1 is 1.45 bits per heavy atom. The van der Waals surface area contributed by atoms with Crippen LogP contribution in [0.1, 0.15) is 12.8 Å². The maximum Gasteiger partial charge on any atom is 0.220 e. The zero-order valence-corrected chi connectivity index (χ0v) is 13.5. The molecule has 0 bridgehead atoms. The molecule has 1 aromatic carbocycles. The van der Waals surface area contributed by atoms with Crippen LogP contribution in [-0.4, -0.2) is 28.6 Å². The monoisotopic (exact) mass is 339 g/mol. The average molecular weight is 340 g/mol. The Labute approximate surface area is 138 Å². The molecule has 1 saturated heterocycles. The fourth-order valence-electron chi connectivity index (χ4n) is 2.69. The number of amides is 1. The number of carbonyl (C=O) groups excluding carboxylic acids is 1. The summed E-state index contributed by atoms with van der Waals surface area (Å²) >= 11 is 12.3. The van der Waals surface area contributed by atoms with Gasteiger partial charge in [-0.3, -0.25) is 4.79 Å². The molecule has 1 aromatic heterocycles. The van der Waals surface area contributed by atoms with Crippen molar-refractivity contribution in [3.8, 4) is 17.1 Å². The minimum Gasteiger partial charge on any atom is -0.494 e. The lowest BCUT2D eigenvalue weighted by Crippen LogP contribution is -2.29. The standard InChI is InChI=1S/C15H15Cl2N3O2/c1-22-14-11(6-9(16)7-12(14)17)15-18-4-5-20(15)8-10-2-3-13(21)19-10/h4-7,10H,2-3,8H2,1H3,(H,19,21). The van der Waals surface area contributed by atoms with Crippen LogP contribution in [0.2, 0.25) is 10.0 Å². The highest BCUT2D eigenvalue weighted by Gasteiger charge is 2.23. The summed E-state index contributed by atoms with van der Waals surface area (Å²) in [4.78, 5) is 15.7. The molecule has 1 N–H and O–H groups in total. The van der Waals surface area contributed by atoms with E-state index < -0.39 is 0 Å². The number of hydrogen-bond acceptors (Lipinski definition) is 3. The van der Waals surface area contributed by atoms with E-state index in [9.17, 15) is 4.79 Å². The van der Waals surface area contributed by atoms with Crippen molar-refractivity contribution in [2.75, 3.05) is 7.11 Å². The maximum atomic E-state index is 11.3. The largest absolute Gasteiger partial charge is 0.494 e. The lowest BCUT2D eigenvalue weighted by atomic mass is 10.1. The van der Waals surface area contributed by atoms with Gasteiger partial charge in [-0.15, -0.1) is 0 Å². The molecule has 1 unspecified atom stereocenters. The van der Waals surface area contributed by atoms with Crippen LogP contribution in [0.4, 0.5) is 0 Å². The second-order valence-electron chi connectivity index (χ2n) is 5.17. The van der Waals surface area contributed by atoms with Crippen LogP contribution in [0.25, 0.3) is 11.4 Å².